The predicted octanol–water partition coefficient (Wildman–Crippen LogP) is 3.97. The number of benzene rings is 2. The van der Waals surface area contributed by atoms with Gasteiger partial charge in [-0.25, -0.2) is 0 Å². The Balaban J connectivity index is 1.55. The van der Waals surface area contributed by atoms with Crippen LogP contribution in [0.4, 0.5) is 0 Å². The molecule has 1 heterocycles. The van der Waals surface area contributed by atoms with Crippen LogP contribution in [-0.4, -0.2) is 24.4 Å². The second-order valence-electron chi connectivity index (χ2n) is 5.89. The van der Waals surface area contributed by atoms with Crippen LogP contribution in [0.5, 0.6) is 5.75 Å². The van der Waals surface area contributed by atoms with Crippen molar-refractivity contribution < 1.29 is 14.6 Å². The molecule has 1 aliphatic heterocycles. The second kappa shape index (κ2) is 7.95. The lowest BCUT2D eigenvalue weighted by molar-refractivity contribution is -0.000975. The second-order valence-corrected chi connectivity index (χ2v) is 6.81. The molecule has 4 heteroatoms. The summed E-state index contributed by atoms with van der Waals surface area (Å²) in [4.78, 5) is 0. The quantitative estimate of drug-likeness (QED) is 0.828. The van der Waals surface area contributed by atoms with Crippen molar-refractivity contribution in [3.05, 3.63) is 64.1 Å². The molecule has 0 amide bonds. The van der Waals surface area contributed by atoms with Gasteiger partial charge in [0.25, 0.3) is 0 Å². The van der Waals surface area contributed by atoms with Crippen LogP contribution >= 0.6 is 15.9 Å². The summed E-state index contributed by atoms with van der Waals surface area (Å²) in [5, 5.41) is 9.70. The standard InChI is InChI=1S/C19H21BrO3/c20-17-7-9-18-15(10-17)6-8-19(23-18)16(11-21)13-22-12-14-4-2-1-3-5-14/h1-5,7,9-10,16,19,21H,6,8,11-13H2/t16-,19+/m0/s1. The van der Waals surface area contributed by atoms with E-state index < -0.39 is 0 Å². The third-order valence-corrected chi connectivity index (χ3v) is 4.70. The molecule has 2 aromatic rings. The van der Waals surface area contributed by atoms with Crippen LogP contribution in [0.15, 0.2) is 53.0 Å². The van der Waals surface area contributed by atoms with Gasteiger partial charge < -0.3 is 14.6 Å². The molecular weight excluding hydrogens is 356 g/mol. The van der Waals surface area contributed by atoms with Crippen LogP contribution in [-0.2, 0) is 17.8 Å². The highest BCUT2D eigenvalue weighted by molar-refractivity contribution is 9.10. The monoisotopic (exact) mass is 376 g/mol. The molecule has 23 heavy (non-hydrogen) atoms. The highest BCUT2D eigenvalue weighted by atomic mass is 79.9. The first-order chi connectivity index (χ1) is 11.3. The molecule has 0 aliphatic carbocycles. The first-order valence-corrected chi connectivity index (χ1v) is 8.73. The predicted molar refractivity (Wildman–Crippen MR) is 93.6 cm³/mol. The molecule has 3 rings (SSSR count). The first kappa shape index (κ1) is 16.5. The molecule has 0 spiro atoms. The third-order valence-electron chi connectivity index (χ3n) is 4.20. The van der Waals surface area contributed by atoms with Gasteiger partial charge in [-0.15, -0.1) is 0 Å². The summed E-state index contributed by atoms with van der Waals surface area (Å²) in [6.07, 6.45) is 1.88. The normalized spacial score (nSPS) is 18.1. The summed E-state index contributed by atoms with van der Waals surface area (Å²) in [5.41, 5.74) is 2.36. The molecule has 0 saturated heterocycles. The van der Waals surface area contributed by atoms with Gasteiger partial charge in [-0.3, -0.25) is 0 Å². The summed E-state index contributed by atoms with van der Waals surface area (Å²) in [5.74, 6) is 0.918. The van der Waals surface area contributed by atoms with E-state index in [9.17, 15) is 5.11 Å². The minimum atomic E-state index is -0.00416. The molecule has 0 fully saturated rings. The third kappa shape index (κ3) is 4.34. The van der Waals surface area contributed by atoms with Crippen molar-refractivity contribution in [2.75, 3.05) is 13.2 Å². The van der Waals surface area contributed by atoms with E-state index in [1.54, 1.807) is 0 Å². The number of aliphatic hydroxyl groups excluding tert-OH is 1. The minimum Gasteiger partial charge on any atom is -0.490 e. The Hall–Kier alpha value is -1.36. The summed E-state index contributed by atoms with van der Waals surface area (Å²) >= 11 is 3.49. The fraction of sp³-hybridized carbons (Fsp3) is 0.368. The minimum absolute atomic E-state index is 0.00412. The molecule has 0 radical (unpaired) electrons. The van der Waals surface area contributed by atoms with Crippen LogP contribution < -0.4 is 4.74 Å². The van der Waals surface area contributed by atoms with Crippen LogP contribution in [0, 0.1) is 5.92 Å². The van der Waals surface area contributed by atoms with Gasteiger partial charge in [0.1, 0.15) is 11.9 Å². The average Bonchev–Trinajstić information content (AvgIpc) is 2.59. The lowest BCUT2D eigenvalue weighted by Crippen LogP contribution is -2.35. The molecule has 2 aromatic carbocycles. The molecule has 1 aliphatic rings. The summed E-state index contributed by atoms with van der Waals surface area (Å²) < 4.78 is 12.9. The van der Waals surface area contributed by atoms with Gasteiger partial charge in [-0.1, -0.05) is 46.3 Å². The highest BCUT2D eigenvalue weighted by Gasteiger charge is 2.27. The lowest BCUT2D eigenvalue weighted by atomic mass is 9.94. The summed E-state index contributed by atoms with van der Waals surface area (Å²) in [6.45, 7) is 1.14. The van der Waals surface area contributed by atoms with E-state index in [1.165, 1.54) is 5.56 Å². The number of aliphatic hydroxyl groups is 1. The van der Waals surface area contributed by atoms with Crippen LogP contribution in [0.1, 0.15) is 17.5 Å². The first-order valence-electron chi connectivity index (χ1n) is 7.94. The largest absolute Gasteiger partial charge is 0.490 e. The molecule has 0 aromatic heterocycles. The van der Waals surface area contributed by atoms with E-state index in [-0.39, 0.29) is 18.6 Å². The number of rotatable bonds is 6. The number of hydrogen-bond acceptors (Lipinski definition) is 3. The van der Waals surface area contributed by atoms with Gasteiger partial charge in [0.2, 0.25) is 0 Å². The smallest absolute Gasteiger partial charge is 0.123 e. The maximum Gasteiger partial charge on any atom is 0.123 e. The van der Waals surface area contributed by atoms with E-state index in [1.807, 2.05) is 42.5 Å². The van der Waals surface area contributed by atoms with Gasteiger partial charge >= 0.3 is 0 Å². The molecule has 3 nitrogen and oxygen atoms in total. The number of ether oxygens (including phenoxy) is 2. The number of fused-ring (bicyclic) bond motifs is 1. The van der Waals surface area contributed by atoms with Crippen LogP contribution in [0.25, 0.3) is 0 Å². The van der Waals surface area contributed by atoms with E-state index in [2.05, 4.69) is 22.0 Å². The molecule has 122 valence electrons. The van der Waals surface area contributed by atoms with Crippen molar-refractivity contribution >= 4 is 15.9 Å². The number of hydrogen-bond donors (Lipinski definition) is 1. The molecule has 2 atom stereocenters. The van der Waals surface area contributed by atoms with Crippen molar-refractivity contribution in [1.29, 1.82) is 0 Å². The van der Waals surface area contributed by atoms with E-state index in [0.29, 0.717) is 13.2 Å². The Morgan fingerprint density at radius 1 is 1.22 bits per heavy atom. The van der Waals surface area contributed by atoms with Crippen molar-refractivity contribution in [2.45, 2.75) is 25.6 Å². The fourth-order valence-electron chi connectivity index (χ4n) is 2.89. The number of halogens is 1. The summed E-state index contributed by atoms with van der Waals surface area (Å²) in [7, 11) is 0. The highest BCUT2D eigenvalue weighted by Crippen LogP contribution is 2.32. The van der Waals surface area contributed by atoms with Crippen molar-refractivity contribution in [2.24, 2.45) is 5.92 Å². The molecular formula is C19H21BrO3. The SMILES string of the molecule is OC[C@@H](COCc1ccccc1)[C@H]1CCc2cc(Br)ccc2O1. The fourth-order valence-corrected chi connectivity index (χ4v) is 3.30. The van der Waals surface area contributed by atoms with Gasteiger partial charge in [-0.2, -0.15) is 0 Å². The topological polar surface area (TPSA) is 38.7 Å². The van der Waals surface area contributed by atoms with Gasteiger partial charge in [0, 0.05) is 10.4 Å². The molecule has 0 bridgehead atoms. The Labute approximate surface area is 145 Å². The zero-order valence-electron chi connectivity index (χ0n) is 13.0. The van der Waals surface area contributed by atoms with E-state index in [0.717, 1.165) is 28.6 Å². The van der Waals surface area contributed by atoms with E-state index in [4.69, 9.17) is 9.47 Å². The Bertz CT molecular complexity index is 630. The van der Waals surface area contributed by atoms with E-state index >= 15 is 0 Å². The van der Waals surface area contributed by atoms with Gasteiger partial charge in [-0.05, 0) is 42.2 Å². The van der Waals surface area contributed by atoms with Crippen molar-refractivity contribution in [3.63, 3.8) is 0 Å². The zero-order valence-corrected chi connectivity index (χ0v) is 14.5. The molecule has 0 saturated carbocycles. The van der Waals surface area contributed by atoms with Crippen molar-refractivity contribution in [3.8, 4) is 5.75 Å². The lowest BCUT2D eigenvalue weighted by Gasteiger charge is -2.31. The summed E-state index contributed by atoms with van der Waals surface area (Å²) in [6, 6.07) is 16.2. The Kier molecular flexibility index (Phi) is 5.70. The van der Waals surface area contributed by atoms with Gasteiger partial charge in [0.05, 0.1) is 19.8 Å². The maximum absolute atomic E-state index is 9.70. The van der Waals surface area contributed by atoms with Crippen molar-refractivity contribution in [1.82, 2.24) is 0 Å². The maximum atomic E-state index is 9.70. The average molecular weight is 377 g/mol. The number of aryl methyl sites for hydroxylation is 1. The van der Waals surface area contributed by atoms with Crippen LogP contribution in [0.3, 0.4) is 0 Å². The Morgan fingerprint density at radius 3 is 2.83 bits per heavy atom. The molecule has 1 N–H and O–H groups in total. The van der Waals surface area contributed by atoms with Gasteiger partial charge in [0.15, 0.2) is 0 Å². The zero-order chi connectivity index (χ0) is 16.1. The molecule has 0 unspecified atom stereocenters. The van der Waals surface area contributed by atoms with Crippen LogP contribution in [0.2, 0.25) is 0 Å². The Morgan fingerprint density at radius 2 is 2.04 bits per heavy atom.